The topological polar surface area (TPSA) is 63.6 Å². The van der Waals surface area contributed by atoms with Crippen LogP contribution in [0.1, 0.15) is 34.8 Å². The van der Waals surface area contributed by atoms with Gasteiger partial charge in [-0.2, -0.15) is 0 Å². The highest BCUT2D eigenvalue weighted by molar-refractivity contribution is 6.03. The van der Waals surface area contributed by atoms with Gasteiger partial charge < -0.3 is 19.5 Å². The summed E-state index contributed by atoms with van der Waals surface area (Å²) in [6.45, 7) is 6.51. The average Bonchev–Trinajstić information content (AvgIpc) is 2.97. The van der Waals surface area contributed by atoms with E-state index in [0.717, 1.165) is 44.7 Å². The van der Waals surface area contributed by atoms with Crippen LogP contribution < -0.4 is 10.1 Å². The molecule has 1 N–H and O–H groups in total. The molecule has 2 aromatic carbocycles. The van der Waals surface area contributed by atoms with Crippen molar-refractivity contribution < 1.29 is 14.3 Å². The second kappa shape index (κ2) is 7.52. The van der Waals surface area contributed by atoms with Crippen molar-refractivity contribution in [3.63, 3.8) is 0 Å². The van der Waals surface area contributed by atoms with E-state index < -0.39 is 6.04 Å². The van der Waals surface area contributed by atoms with Gasteiger partial charge in [-0.05, 0) is 50.1 Å². The molecule has 1 saturated heterocycles. The van der Waals surface area contributed by atoms with Gasteiger partial charge in [-0.25, -0.2) is 0 Å². The summed E-state index contributed by atoms with van der Waals surface area (Å²) in [5.41, 5.74) is 5.60. The predicted octanol–water partition coefficient (Wildman–Crippen LogP) is 4.02. The van der Waals surface area contributed by atoms with E-state index in [1.165, 1.54) is 0 Å². The molecule has 0 bridgehead atoms. The van der Waals surface area contributed by atoms with Crippen LogP contribution in [0.15, 0.2) is 36.4 Å². The van der Waals surface area contributed by atoms with Crippen LogP contribution in [0.2, 0.25) is 0 Å². The van der Waals surface area contributed by atoms with E-state index in [-0.39, 0.29) is 11.8 Å². The standard InChI is InChI=1S/C24H27N3O3/c1-14-7-6-8-15(2)22(14)25-24(29)23(27-12-11-20(27)28)21-16(3)26(4)19-10-9-17(30-5)13-18(19)21/h6-10,13,23H,11-12H2,1-5H3,(H,25,29). The number of anilines is 1. The third-order valence-corrected chi connectivity index (χ3v) is 6.20. The van der Waals surface area contributed by atoms with Crippen molar-refractivity contribution in [3.8, 4) is 5.75 Å². The lowest BCUT2D eigenvalue weighted by molar-refractivity contribution is -0.147. The fraction of sp³-hybridized carbons (Fsp3) is 0.333. The first-order valence-corrected chi connectivity index (χ1v) is 10.1. The van der Waals surface area contributed by atoms with Crippen LogP contribution in [0.25, 0.3) is 10.9 Å². The highest BCUT2D eigenvalue weighted by Gasteiger charge is 2.39. The Balaban J connectivity index is 1.85. The Hall–Kier alpha value is -3.28. The monoisotopic (exact) mass is 405 g/mol. The molecular weight excluding hydrogens is 378 g/mol. The van der Waals surface area contributed by atoms with E-state index in [1.807, 2.05) is 64.2 Å². The number of carbonyl (C=O) groups excluding carboxylic acids is 2. The highest BCUT2D eigenvalue weighted by Crippen LogP contribution is 2.38. The first-order chi connectivity index (χ1) is 14.3. The number of aromatic nitrogens is 1. The molecule has 4 rings (SSSR count). The molecule has 2 amide bonds. The predicted molar refractivity (Wildman–Crippen MR) is 118 cm³/mol. The lowest BCUT2D eigenvalue weighted by Crippen LogP contribution is -2.49. The zero-order valence-corrected chi connectivity index (χ0v) is 18.1. The maximum atomic E-state index is 13.6. The molecule has 0 saturated carbocycles. The third kappa shape index (κ3) is 3.12. The molecule has 0 aliphatic carbocycles. The van der Waals surface area contributed by atoms with Crippen molar-refractivity contribution in [3.05, 3.63) is 58.8 Å². The molecule has 1 aliphatic heterocycles. The zero-order chi connectivity index (χ0) is 21.6. The van der Waals surface area contributed by atoms with E-state index in [1.54, 1.807) is 12.0 Å². The lowest BCUT2D eigenvalue weighted by atomic mass is 9.96. The van der Waals surface area contributed by atoms with E-state index in [9.17, 15) is 9.59 Å². The van der Waals surface area contributed by atoms with Crippen LogP contribution in [0.5, 0.6) is 5.75 Å². The normalized spacial score (nSPS) is 14.6. The lowest BCUT2D eigenvalue weighted by Gasteiger charge is -2.37. The van der Waals surface area contributed by atoms with Crippen molar-refractivity contribution in [1.29, 1.82) is 0 Å². The first kappa shape index (κ1) is 20.0. The molecule has 6 nitrogen and oxygen atoms in total. The van der Waals surface area contributed by atoms with Crippen LogP contribution in [-0.4, -0.2) is 34.9 Å². The smallest absolute Gasteiger partial charge is 0.251 e. The van der Waals surface area contributed by atoms with Crippen molar-refractivity contribution >= 4 is 28.4 Å². The quantitative estimate of drug-likeness (QED) is 0.652. The maximum Gasteiger partial charge on any atom is 0.251 e. The molecule has 1 fully saturated rings. The van der Waals surface area contributed by atoms with Crippen LogP contribution in [0.4, 0.5) is 5.69 Å². The number of amides is 2. The second-order valence-corrected chi connectivity index (χ2v) is 7.94. The van der Waals surface area contributed by atoms with E-state index in [4.69, 9.17) is 4.74 Å². The fourth-order valence-electron chi connectivity index (χ4n) is 4.29. The van der Waals surface area contributed by atoms with Gasteiger partial charge in [0.1, 0.15) is 11.8 Å². The number of nitrogens with zero attached hydrogens (tertiary/aromatic N) is 2. The Morgan fingerprint density at radius 3 is 2.40 bits per heavy atom. The van der Waals surface area contributed by atoms with Gasteiger partial charge >= 0.3 is 0 Å². The van der Waals surface area contributed by atoms with Gasteiger partial charge in [-0.3, -0.25) is 9.59 Å². The SMILES string of the molecule is COc1ccc2c(c1)c(C(C(=O)Nc1c(C)cccc1C)N1CCC1=O)c(C)n2C. The molecule has 2 heterocycles. The Morgan fingerprint density at radius 1 is 1.13 bits per heavy atom. The molecule has 0 spiro atoms. The third-order valence-electron chi connectivity index (χ3n) is 6.20. The number of carbonyl (C=O) groups is 2. The van der Waals surface area contributed by atoms with Gasteiger partial charge in [-0.15, -0.1) is 0 Å². The van der Waals surface area contributed by atoms with Gasteiger partial charge in [0.2, 0.25) is 5.91 Å². The molecule has 156 valence electrons. The largest absolute Gasteiger partial charge is 0.497 e. The van der Waals surface area contributed by atoms with Gasteiger partial charge in [0.15, 0.2) is 0 Å². The minimum Gasteiger partial charge on any atom is -0.497 e. The summed E-state index contributed by atoms with van der Waals surface area (Å²) in [5.74, 6) is 0.521. The number of hydrogen-bond acceptors (Lipinski definition) is 3. The number of ether oxygens (including phenoxy) is 1. The molecule has 6 heteroatoms. The van der Waals surface area contributed by atoms with Crippen LogP contribution in [0.3, 0.4) is 0 Å². The molecule has 1 atom stereocenters. The molecule has 1 unspecified atom stereocenters. The fourth-order valence-corrected chi connectivity index (χ4v) is 4.29. The van der Waals surface area contributed by atoms with E-state index in [0.29, 0.717) is 13.0 Å². The van der Waals surface area contributed by atoms with Gasteiger partial charge in [-0.1, -0.05) is 18.2 Å². The van der Waals surface area contributed by atoms with Crippen LogP contribution in [0, 0.1) is 20.8 Å². The minimum atomic E-state index is -0.693. The molecule has 1 aromatic heterocycles. The summed E-state index contributed by atoms with van der Waals surface area (Å²) in [7, 11) is 3.60. The average molecular weight is 405 g/mol. The van der Waals surface area contributed by atoms with Crippen LogP contribution >= 0.6 is 0 Å². The minimum absolute atomic E-state index is 0.00375. The highest BCUT2D eigenvalue weighted by atomic mass is 16.5. The Bertz CT molecular complexity index is 1140. The Morgan fingerprint density at radius 2 is 1.83 bits per heavy atom. The number of hydrogen-bond donors (Lipinski definition) is 1. The number of rotatable bonds is 5. The van der Waals surface area contributed by atoms with Gasteiger partial charge in [0.05, 0.1) is 7.11 Å². The number of benzene rings is 2. The Kier molecular flexibility index (Phi) is 5.02. The zero-order valence-electron chi connectivity index (χ0n) is 18.1. The summed E-state index contributed by atoms with van der Waals surface area (Å²) in [6.07, 6.45) is 0.473. The van der Waals surface area contributed by atoms with Gasteiger partial charge in [0.25, 0.3) is 5.91 Å². The number of fused-ring (bicyclic) bond motifs is 1. The summed E-state index contributed by atoms with van der Waals surface area (Å²) in [4.78, 5) is 27.7. The summed E-state index contributed by atoms with van der Waals surface area (Å²) < 4.78 is 7.49. The number of methoxy groups -OCH3 is 1. The first-order valence-electron chi connectivity index (χ1n) is 10.1. The number of β-lactam (4-membered cyclic amide) rings is 1. The Labute approximate surface area is 176 Å². The maximum absolute atomic E-state index is 13.6. The molecule has 0 radical (unpaired) electrons. The molecule has 1 aliphatic rings. The van der Waals surface area contributed by atoms with Crippen molar-refractivity contribution in [2.75, 3.05) is 19.0 Å². The number of nitrogens with one attached hydrogen (secondary N) is 1. The summed E-state index contributed by atoms with van der Waals surface area (Å²) in [5, 5.41) is 4.03. The van der Waals surface area contributed by atoms with Crippen molar-refractivity contribution in [2.45, 2.75) is 33.2 Å². The van der Waals surface area contributed by atoms with Crippen molar-refractivity contribution in [1.82, 2.24) is 9.47 Å². The number of aryl methyl sites for hydroxylation is 3. The van der Waals surface area contributed by atoms with Crippen LogP contribution in [-0.2, 0) is 16.6 Å². The summed E-state index contributed by atoms with van der Waals surface area (Å²) >= 11 is 0. The second-order valence-electron chi connectivity index (χ2n) is 7.94. The molecule has 3 aromatic rings. The molecule has 30 heavy (non-hydrogen) atoms. The van der Waals surface area contributed by atoms with E-state index in [2.05, 4.69) is 9.88 Å². The van der Waals surface area contributed by atoms with Gasteiger partial charge in [0, 0.05) is 47.9 Å². The summed E-state index contributed by atoms with van der Waals surface area (Å²) in [6, 6.07) is 11.1. The number of para-hydroxylation sites is 1. The van der Waals surface area contributed by atoms with Crippen molar-refractivity contribution in [2.24, 2.45) is 7.05 Å². The molecular formula is C24H27N3O3. The number of likely N-dealkylation sites (tertiary alicyclic amines) is 1. The van der Waals surface area contributed by atoms with E-state index >= 15 is 0 Å².